The van der Waals surface area contributed by atoms with Crippen LogP contribution in [-0.4, -0.2) is 19.7 Å². The van der Waals surface area contributed by atoms with Crippen LogP contribution in [0.25, 0.3) is 5.57 Å². The number of esters is 1. The Morgan fingerprint density at radius 3 is 2.59 bits per heavy atom. The number of nitriles is 1. The SMILES string of the molecule is CCOC(=O)C(C#N)=C1C=C(c2ccc(OC)cc2)CCC1. The molecule has 0 saturated carbocycles. The fourth-order valence-corrected chi connectivity index (χ4v) is 2.51. The molecule has 0 heterocycles. The molecule has 1 aromatic rings. The summed E-state index contributed by atoms with van der Waals surface area (Å²) in [6.45, 7) is 2.00. The van der Waals surface area contributed by atoms with Crippen LogP contribution in [0.4, 0.5) is 0 Å². The number of ether oxygens (including phenoxy) is 2. The lowest BCUT2D eigenvalue weighted by Crippen LogP contribution is -2.10. The minimum atomic E-state index is -0.535. The number of hydrogen-bond acceptors (Lipinski definition) is 4. The van der Waals surface area contributed by atoms with Crippen molar-refractivity contribution in [1.82, 2.24) is 0 Å². The summed E-state index contributed by atoms with van der Waals surface area (Å²) < 4.78 is 10.1. The zero-order valence-corrected chi connectivity index (χ0v) is 12.9. The topological polar surface area (TPSA) is 59.3 Å². The Labute approximate surface area is 130 Å². The van der Waals surface area contributed by atoms with Crippen LogP contribution in [-0.2, 0) is 9.53 Å². The van der Waals surface area contributed by atoms with Crippen LogP contribution in [0.5, 0.6) is 5.75 Å². The number of rotatable bonds is 4. The van der Waals surface area contributed by atoms with Crippen LogP contribution in [0.3, 0.4) is 0 Å². The van der Waals surface area contributed by atoms with Gasteiger partial charge in [0.15, 0.2) is 0 Å². The summed E-state index contributed by atoms with van der Waals surface area (Å²) in [4.78, 5) is 11.9. The molecule has 1 aromatic carbocycles. The summed E-state index contributed by atoms with van der Waals surface area (Å²) in [6, 6.07) is 9.78. The van der Waals surface area contributed by atoms with Crippen LogP contribution < -0.4 is 4.74 Å². The predicted octanol–water partition coefficient (Wildman–Crippen LogP) is 3.65. The Bertz CT molecular complexity index is 648. The van der Waals surface area contributed by atoms with Crippen LogP contribution >= 0.6 is 0 Å². The molecule has 22 heavy (non-hydrogen) atoms. The smallest absolute Gasteiger partial charge is 0.349 e. The van der Waals surface area contributed by atoms with Gasteiger partial charge in [0.05, 0.1) is 13.7 Å². The molecule has 0 bridgehead atoms. The molecule has 0 aromatic heterocycles. The van der Waals surface area contributed by atoms with Gasteiger partial charge in [0, 0.05) is 0 Å². The summed E-state index contributed by atoms with van der Waals surface area (Å²) in [5.41, 5.74) is 3.09. The molecule has 0 N–H and O–H groups in total. The summed E-state index contributed by atoms with van der Waals surface area (Å²) in [7, 11) is 1.63. The van der Waals surface area contributed by atoms with Crippen molar-refractivity contribution < 1.29 is 14.3 Å². The number of nitrogens with zero attached hydrogens (tertiary/aromatic N) is 1. The first-order valence-electron chi connectivity index (χ1n) is 7.35. The molecule has 0 saturated heterocycles. The highest BCUT2D eigenvalue weighted by molar-refractivity contribution is 5.95. The van der Waals surface area contributed by atoms with Gasteiger partial charge in [-0.2, -0.15) is 5.26 Å². The number of allylic oxidation sites excluding steroid dienone is 3. The van der Waals surface area contributed by atoms with Gasteiger partial charge in [-0.3, -0.25) is 0 Å². The van der Waals surface area contributed by atoms with Gasteiger partial charge in [-0.25, -0.2) is 4.79 Å². The van der Waals surface area contributed by atoms with Gasteiger partial charge in [-0.05, 0) is 55.0 Å². The molecule has 0 atom stereocenters. The Balaban J connectivity index is 2.35. The third-order valence-corrected chi connectivity index (χ3v) is 3.61. The lowest BCUT2D eigenvalue weighted by Gasteiger charge is -2.17. The molecule has 0 radical (unpaired) electrons. The van der Waals surface area contributed by atoms with E-state index in [-0.39, 0.29) is 12.2 Å². The van der Waals surface area contributed by atoms with Crippen LogP contribution in [0.15, 0.2) is 41.5 Å². The van der Waals surface area contributed by atoms with E-state index in [0.29, 0.717) is 0 Å². The second-order valence-electron chi connectivity index (χ2n) is 4.98. The van der Waals surface area contributed by atoms with Crippen molar-refractivity contribution in [3.05, 3.63) is 47.1 Å². The number of benzene rings is 1. The second kappa shape index (κ2) is 7.46. The minimum absolute atomic E-state index is 0.118. The van der Waals surface area contributed by atoms with E-state index in [4.69, 9.17) is 9.47 Å². The quantitative estimate of drug-likeness (QED) is 0.483. The molecular formula is C18H19NO3. The monoisotopic (exact) mass is 297 g/mol. The van der Waals surface area contributed by atoms with Crippen molar-refractivity contribution in [3.8, 4) is 11.8 Å². The highest BCUT2D eigenvalue weighted by atomic mass is 16.5. The largest absolute Gasteiger partial charge is 0.497 e. The third kappa shape index (κ3) is 3.56. The molecule has 114 valence electrons. The van der Waals surface area contributed by atoms with Gasteiger partial charge < -0.3 is 9.47 Å². The van der Waals surface area contributed by atoms with Gasteiger partial charge in [-0.15, -0.1) is 0 Å². The van der Waals surface area contributed by atoms with E-state index in [2.05, 4.69) is 0 Å². The first-order valence-corrected chi connectivity index (χ1v) is 7.35. The molecule has 1 aliphatic rings. The highest BCUT2D eigenvalue weighted by Crippen LogP contribution is 2.32. The van der Waals surface area contributed by atoms with Crippen molar-refractivity contribution in [1.29, 1.82) is 5.26 Å². The number of carbonyl (C=O) groups excluding carboxylic acids is 1. The van der Waals surface area contributed by atoms with E-state index in [9.17, 15) is 10.1 Å². The van der Waals surface area contributed by atoms with Crippen LogP contribution in [0.1, 0.15) is 31.7 Å². The highest BCUT2D eigenvalue weighted by Gasteiger charge is 2.19. The molecule has 0 spiro atoms. The Morgan fingerprint density at radius 2 is 2.00 bits per heavy atom. The molecular weight excluding hydrogens is 278 g/mol. The van der Waals surface area contributed by atoms with Crippen molar-refractivity contribution >= 4 is 11.5 Å². The summed E-state index contributed by atoms with van der Waals surface area (Å²) >= 11 is 0. The molecule has 4 heteroatoms. The Morgan fingerprint density at radius 1 is 1.27 bits per heavy atom. The van der Waals surface area contributed by atoms with Gasteiger partial charge in [0.1, 0.15) is 17.4 Å². The molecule has 0 unspecified atom stereocenters. The molecule has 0 amide bonds. The summed E-state index contributed by atoms with van der Waals surface area (Å²) in [5.74, 6) is 0.271. The predicted molar refractivity (Wildman–Crippen MR) is 84.1 cm³/mol. The van der Waals surface area contributed by atoms with Crippen molar-refractivity contribution in [2.45, 2.75) is 26.2 Å². The average molecular weight is 297 g/mol. The van der Waals surface area contributed by atoms with E-state index >= 15 is 0 Å². The minimum Gasteiger partial charge on any atom is -0.497 e. The lowest BCUT2D eigenvalue weighted by atomic mass is 9.88. The maximum atomic E-state index is 11.9. The van der Waals surface area contributed by atoms with Gasteiger partial charge in [0.2, 0.25) is 0 Å². The van der Waals surface area contributed by atoms with Gasteiger partial charge in [0.25, 0.3) is 0 Å². The average Bonchev–Trinajstić information content (AvgIpc) is 2.56. The van der Waals surface area contributed by atoms with Crippen LogP contribution in [0, 0.1) is 11.3 Å². The first kappa shape index (κ1) is 15.8. The first-order chi connectivity index (χ1) is 10.7. The number of carbonyl (C=O) groups is 1. The fraction of sp³-hybridized carbons (Fsp3) is 0.333. The molecule has 0 fully saturated rings. The summed E-state index contributed by atoms with van der Waals surface area (Å²) in [6.07, 6.45) is 4.51. The van der Waals surface area contributed by atoms with Gasteiger partial charge in [-0.1, -0.05) is 18.2 Å². The molecule has 1 aliphatic carbocycles. The van der Waals surface area contributed by atoms with Crippen molar-refractivity contribution in [2.24, 2.45) is 0 Å². The fourth-order valence-electron chi connectivity index (χ4n) is 2.51. The zero-order valence-electron chi connectivity index (χ0n) is 12.9. The zero-order chi connectivity index (χ0) is 15.9. The standard InChI is InChI=1S/C18H19NO3/c1-3-22-18(20)17(12-19)15-6-4-5-14(11-15)13-7-9-16(21-2)10-8-13/h7-11H,3-6H2,1-2H3. The number of methoxy groups -OCH3 is 1. The van der Waals surface area contributed by atoms with Crippen molar-refractivity contribution in [3.63, 3.8) is 0 Å². The van der Waals surface area contributed by atoms with Crippen molar-refractivity contribution in [2.75, 3.05) is 13.7 Å². The normalized spacial score (nSPS) is 16.3. The van der Waals surface area contributed by atoms with E-state index in [1.807, 2.05) is 36.4 Å². The van der Waals surface area contributed by atoms with E-state index in [0.717, 1.165) is 41.7 Å². The van der Waals surface area contributed by atoms with Crippen LogP contribution in [0.2, 0.25) is 0 Å². The Hall–Kier alpha value is -2.54. The third-order valence-electron chi connectivity index (χ3n) is 3.61. The molecule has 0 aliphatic heterocycles. The molecule has 2 rings (SSSR count). The van der Waals surface area contributed by atoms with E-state index in [1.54, 1.807) is 14.0 Å². The number of hydrogen-bond donors (Lipinski definition) is 0. The van der Waals surface area contributed by atoms with E-state index in [1.165, 1.54) is 0 Å². The summed E-state index contributed by atoms with van der Waals surface area (Å²) in [5, 5.41) is 9.25. The lowest BCUT2D eigenvalue weighted by molar-refractivity contribution is -0.138. The Kier molecular flexibility index (Phi) is 5.37. The maximum absolute atomic E-state index is 11.9. The van der Waals surface area contributed by atoms with E-state index < -0.39 is 5.97 Å². The maximum Gasteiger partial charge on any atom is 0.349 e. The van der Waals surface area contributed by atoms with Gasteiger partial charge >= 0.3 is 5.97 Å². The second-order valence-corrected chi connectivity index (χ2v) is 4.98. The molecule has 4 nitrogen and oxygen atoms in total.